The zero-order chi connectivity index (χ0) is 18.1. The first-order chi connectivity index (χ1) is 12.7. The molecule has 0 aliphatic carbocycles. The van der Waals surface area contributed by atoms with Gasteiger partial charge in [-0.25, -0.2) is 4.42 Å². The highest BCUT2D eigenvalue weighted by Gasteiger charge is 2.20. The maximum atomic E-state index is 12.5. The second-order valence-electron chi connectivity index (χ2n) is 6.55. The highest BCUT2D eigenvalue weighted by Crippen LogP contribution is 2.36. The molecule has 3 heterocycles. The predicted octanol–water partition coefficient (Wildman–Crippen LogP) is 4.74. The fourth-order valence-corrected chi connectivity index (χ4v) is 4.67. The van der Waals surface area contributed by atoms with E-state index in [1.165, 1.54) is 20.5 Å². The Morgan fingerprint density at radius 2 is 2.15 bits per heavy atom. The van der Waals surface area contributed by atoms with Crippen LogP contribution in [0.15, 0.2) is 41.3 Å². The Morgan fingerprint density at radius 1 is 1.27 bits per heavy atom. The normalized spacial score (nSPS) is 14.5. The number of hydrogen-bond donors (Lipinski definition) is 0. The van der Waals surface area contributed by atoms with Crippen LogP contribution in [-0.2, 0) is 13.0 Å². The maximum absolute atomic E-state index is 12.5. The van der Waals surface area contributed by atoms with Gasteiger partial charge >= 0.3 is 0 Å². The molecule has 0 radical (unpaired) electrons. The van der Waals surface area contributed by atoms with Gasteiger partial charge in [-0.2, -0.15) is 0 Å². The van der Waals surface area contributed by atoms with Gasteiger partial charge in [0.1, 0.15) is 5.75 Å². The molecule has 0 N–H and O–H groups in total. The SMILES string of the molecule is CCCCOc1ccn(-c2ccc3sc4c(c3c2)CN(Cl)CC4)c(=O)c1. The third kappa shape index (κ3) is 3.39. The van der Waals surface area contributed by atoms with E-state index in [0.717, 1.165) is 38.0 Å². The summed E-state index contributed by atoms with van der Waals surface area (Å²) in [7, 11) is 0. The number of benzene rings is 1. The van der Waals surface area contributed by atoms with Gasteiger partial charge in [-0.1, -0.05) is 13.3 Å². The Bertz CT molecular complexity index is 995. The van der Waals surface area contributed by atoms with Crippen molar-refractivity contribution in [3.8, 4) is 11.4 Å². The summed E-state index contributed by atoms with van der Waals surface area (Å²) >= 11 is 8.05. The molecule has 0 saturated heterocycles. The minimum absolute atomic E-state index is 0.0820. The van der Waals surface area contributed by atoms with E-state index in [4.69, 9.17) is 16.5 Å². The van der Waals surface area contributed by atoms with Crippen molar-refractivity contribution in [2.75, 3.05) is 13.2 Å². The van der Waals surface area contributed by atoms with E-state index in [9.17, 15) is 4.79 Å². The second kappa shape index (κ2) is 7.43. The van der Waals surface area contributed by atoms with Gasteiger partial charge in [-0.15, -0.1) is 11.3 Å². The van der Waals surface area contributed by atoms with Crippen LogP contribution in [-0.4, -0.2) is 22.1 Å². The van der Waals surface area contributed by atoms with Gasteiger partial charge in [0.15, 0.2) is 0 Å². The van der Waals surface area contributed by atoms with Crippen molar-refractivity contribution in [1.29, 1.82) is 0 Å². The molecule has 4 rings (SSSR count). The lowest BCUT2D eigenvalue weighted by Crippen LogP contribution is -2.20. The molecule has 0 atom stereocenters. The standard InChI is InChI=1S/C20H21ClN2O2S/c1-2-3-10-25-15-6-9-23(20(24)12-15)14-4-5-18-16(11-14)17-13-22(21)8-7-19(17)26-18/h4-6,9,11-12H,2-3,7-8,10,13H2,1H3. The van der Waals surface area contributed by atoms with E-state index in [2.05, 4.69) is 19.1 Å². The number of hydrogen-bond acceptors (Lipinski definition) is 4. The van der Waals surface area contributed by atoms with Crippen LogP contribution in [0.2, 0.25) is 0 Å². The van der Waals surface area contributed by atoms with Crippen LogP contribution in [0.3, 0.4) is 0 Å². The summed E-state index contributed by atoms with van der Waals surface area (Å²) in [6.45, 7) is 4.39. The Kier molecular flexibility index (Phi) is 5.02. The van der Waals surface area contributed by atoms with Gasteiger partial charge in [0.05, 0.1) is 6.61 Å². The lowest BCUT2D eigenvalue weighted by molar-refractivity contribution is 0.308. The number of rotatable bonds is 5. The summed E-state index contributed by atoms with van der Waals surface area (Å²) in [6, 6.07) is 9.61. The average Bonchev–Trinajstić information content (AvgIpc) is 2.99. The van der Waals surface area contributed by atoms with Gasteiger partial charge < -0.3 is 4.74 Å². The number of pyridine rings is 1. The third-order valence-corrected chi connectivity index (χ3v) is 6.27. The summed E-state index contributed by atoms with van der Waals surface area (Å²) in [5.41, 5.74) is 2.08. The van der Waals surface area contributed by atoms with Crippen LogP contribution in [0.5, 0.6) is 5.75 Å². The number of nitrogens with zero attached hydrogens (tertiary/aromatic N) is 2. The van der Waals surface area contributed by atoms with E-state index < -0.39 is 0 Å². The molecule has 26 heavy (non-hydrogen) atoms. The van der Waals surface area contributed by atoms with E-state index in [1.54, 1.807) is 16.8 Å². The van der Waals surface area contributed by atoms with E-state index in [0.29, 0.717) is 12.4 Å². The summed E-state index contributed by atoms with van der Waals surface area (Å²) in [4.78, 5) is 13.9. The maximum Gasteiger partial charge on any atom is 0.258 e. The molecule has 1 aliphatic rings. The summed E-state index contributed by atoms with van der Waals surface area (Å²) in [5, 5.41) is 1.20. The Labute approximate surface area is 161 Å². The highest BCUT2D eigenvalue weighted by atomic mass is 35.5. The first kappa shape index (κ1) is 17.6. The number of unbranched alkanes of at least 4 members (excludes halogenated alkanes) is 1. The van der Waals surface area contributed by atoms with E-state index in [-0.39, 0.29) is 5.56 Å². The summed E-state index contributed by atoms with van der Waals surface area (Å²) in [5.74, 6) is 0.631. The number of aromatic nitrogens is 1. The number of fused-ring (bicyclic) bond motifs is 3. The number of halogens is 1. The van der Waals surface area contributed by atoms with Gasteiger partial charge in [-0.3, -0.25) is 9.36 Å². The first-order valence-corrected chi connectivity index (χ1v) is 10.1. The van der Waals surface area contributed by atoms with E-state index in [1.807, 2.05) is 27.9 Å². The van der Waals surface area contributed by atoms with Crippen molar-refractivity contribution < 1.29 is 4.74 Å². The van der Waals surface area contributed by atoms with Gasteiger partial charge in [0.25, 0.3) is 5.56 Å². The molecule has 3 aromatic rings. The molecule has 1 aliphatic heterocycles. The molecule has 1 aromatic carbocycles. The van der Waals surface area contributed by atoms with Crippen molar-refractivity contribution in [2.24, 2.45) is 0 Å². The van der Waals surface area contributed by atoms with Crippen LogP contribution in [0, 0.1) is 0 Å². The zero-order valence-corrected chi connectivity index (χ0v) is 16.3. The molecule has 0 bridgehead atoms. The predicted molar refractivity (Wildman–Crippen MR) is 108 cm³/mol. The third-order valence-electron chi connectivity index (χ3n) is 4.71. The minimum atomic E-state index is -0.0820. The molecule has 0 unspecified atom stereocenters. The van der Waals surface area contributed by atoms with Crippen LogP contribution >= 0.6 is 23.1 Å². The van der Waals surface area contributed by atoms with Crippen LogP contribution in [0.4, 0.5) is 0 Å². The van der Waals surface area contributed by atoms with Crippen molar-refractivity contribution in [3.63, 3.8) is 0 Å². The number of thiophene rings is 1. The summed E-state index contributed by atoms with van der Waals surface area (Å²) < 4.78 is 10.4. The van der Waals surface area contributed by atoms with Gasteiger partial charge in [0.2, 0.25) is 0 Å². The fraction of sp³-hybridized carbons (Fsp3) is 0.350. The molecular weight excluding hydrogens is 368 g/mol. The summed E-state index contributed by atoms with van der Waals surface area (Å²) in [6.07, 6.45) is 4.83. The van der Waals surface area contributed by atoms with Crippen molar-refractivity contribution >= 4 is 33.2 Å². The molecule has 2 aromatic heterocycles. The van der Waals surface area contributed by atoms with Gasteiger partial charge in [0, 0.05) is 40.6 Å². The molecule has 0 saturated carbocycles. The van der Waals surface area contributed by atoms with Gasteiger partial charge in [-0.05, 0) is 59.8 Å². The van der Waals surface area contributed by atoms with Crippen LogP contribution < -0.4 is 10.3 Å². The van der Waals surface area contributed by atoms with Crippen LogP contribution in [0.25, 0.3) is 15.8 Å². The van der Waals surface area contributed by atoms with Crippen LogP contribution in [0.1, 0.15) is 30.2 Å². The monoisotopic (exact) mass is 388 g/mol. The minimum Gasteiger partial charge on any atom is -0.493 e. The second-order valence-corrected chi connectivity index (χ2v) is 8.17. The first-order valence-electron chi connectivity index (χ1n) is 8.96. The number of ether oxygens (including phenoxy) is 1. The van der Waals surface area contributed by atoms with E-state index >= 15 is 0 Å². The lowest BCUT2D eigenvalue weighted by Gasteiger charge is -2.19. The topological polar surface area (TPSA) is 34.5 Å². The Morgan fingerprint density at radius 3 is 2.96 bits per heavy atom. The molecule has 136 valence electrons. The smallest absolute Gasteiger partial charge is 0.258 e. The highest BCUT2D eigenvalue weighted by molar-refractivity contribution is 7.19. The fourth-order valence-electron chi connectivity index (χ4n) is 3.28. The zero-order valence-electron chi connectivity index (χ0n) is 14.7. The molecular formula is C20H21ClN2O2S. The molecule has 0 amide bonds. The van der Waals surface area contributed by atoms with Crippen molar-refractivity contribution in [2.45, 2.75) is 32.7 Å². The quantitative estimate of drug-likeness (QED) is 0.467. The van der Waals surface area contributed by atoms with Crippen molar-refractivity contribution in [1.82, 2.24) is 8.99 Å². The average molecular weight is 389 g/mol. The molecule has 4 nitrogen and oxygen atoms in total. The molecule has 0 spiro atoms. The molecule has 6 heteroatoms. The van der Waals surface area contributed by atoms with Crippen molar-refractivity contribution in [3.05, 3.63) is 57.3 Å². The Hall–Kier alpha value is -1.82. The lowest BCUT2D eigenvalue weighted by atomic mass is 10.1. The molecule has 0 fully saturated rings. The largest absolute Gasteiger partial charge is 0.493 e. The Balaban J connectivity index is 1.68.